The minimum absolute atomic E-state index is 0.0988. The Bertz CT molecular complexity index is 742. The fourth-order valence-electron chi connectivity index (χ4n) is 3.21. The van der Waals surface area contributed by atoms with Crippen LogP contribution >= 0.6 is 12.2 Å². The van der Waals surface area contributed by atoms with Crippen LogP contribution in [0, 0.1) is 0 Å². The number of carbonyl (C=O) groups excluding carboxylic acids is 1. The highest BCUT2D eigenvalue weighted by molar-refractivity contribution is 7.89. The van der Waals surface area contributed by atoms with Crippen molar-refractivity contribution in [2.45, 2.75) is 69.6 Å². The van der Waals surface area contributed by atoms with E-state index in [4.69, 9.17) is 12.2 Å². The normalized spacial score (nSPS) is 15.2. The summed E-state index contributed by atoms with van der Waals surface area (Å²) in [6.07, 6.45) is 8.79. The average molecular weight is 426 g/mol. The number of nitrogens with zero attached hydrogens (tertiary/aromatic N) is 1. The molecule has 1 aliphatic rings. The molecule has 0 bridgehead atoms. The Morgan fingerprint density at radius 1 is 1.04 bits per heavy atom. The van der Waals surface area contributed by atoms with Crippen LogP contribution in [-0.2, 0) is 14.8 Å². The molecule has 8 heteroatoms. The van der Waals surface area contributed by atoms with Crippen molar-refractivity contribution in [2.75, 3.05) is 18.4 Å². The molecule has 0 aliphatic carbocycles. The standard InChI is InChI=1S/C20H31N3O3S2/c1-2-3-4-5-7-10-19(24)22-20(27)21-17-11-13-18(14-12-17)28(25,26)23-15-8-6-9-16-23/h11-14H,2-10,15-16H2,1H3,(H2,21,22,24,27). The number of amides is 1. The second-order valence-corrected chi connectivity index (χ2v) is 9.50. The molecule has 1 saturated heterocycles. The number of thiocarbonyl (C=S) groups is 1. The van der Waals surface area contributed by atoms with Crippen molar-refractivity contribution in [2.24, 2.45) is 0 Å². The van der Waals surface area contributed by atoms with Crippen LogP contribution in [0.3, 0.4) is 0 Å². The smallest absolute Gasteiger partial charge is 0.243 e. The van der Waals surface area contributed by atoms with Crippen molar-refractivity contribution in [3.63, 3.8) is 0 Å². The van der Waals surface area contributed by atoms with Gasteiger partial charge in [0.2, 0.25) is 15.9 Å². The molecule has 1 aliphatic heterocycles. The quantitative estimate of drug-likeness (QED) is 0.461. The molecule has 2 N–H and O–H groups in total. The molecule has 1 heterocycles. The van der Waals surface area contributed by atoms with Gasteiger partial charge in [-0.1, -0.05) is 39.0 Å². The van der Waals surface area contributed by atoms with Gasteiger partial charge in [0.1, 0.15) is 0 Å². The van der Waals surface area contributed by atoms with Crippen LogP contribution < -0.4 is 10.6 Å². The van der Waals surface area contributed by atoms with Gasteiger partial charge in [0, 0.05) is 25.2 Å². The molecule has 0 saturated carbocycles. The summed E-state index contributed by atoms with van der Waals surface area (Å²) >= 11 is 5.17. The lowest BCUT2D eigenvalue weighted by Gasteiger charge is -2.25. The summed E-state index contributed by atoms with van der Waals surface area (Å²) in [5, 5.41) is 5.83. The molecule has 0 unspecified atom stereocenters. The van der Waals surface area contributed by atoms with E-state index in [2.05, 4.69) is 17.6 Å². The zero-order valence-electron chi connectivity index (χ0n) is 16.6. The van der Waals surface area contributed by atoms with Crippen LogP contribution in [0.15, 0.2) is 29.2 Å². The number of piperidine rings is 1. The van der Waals surface area contributed by atoms with Crippen molar-refractivity contribution in [3.05, 3.63) is 24.3 Å². The van der Waals surface area contributed by atoms with E-state index in [0.29, 0.717) is 25.2 Å². The lowest BCUT2D eigenvalue weighted by molar-refractivity contribution is -0.119. The van der Waals surface area contributed by atoms with E-state index in [1.807, 2.05) is 0 Å². The van der Waals surface area contributed by atoms with Gasteiger partial charge in [0.25, 0.3) is 0 Å². The van der Waals surface area contributed by atoms with E-state index in [1.165, 1.54) is 12.8 Å². The van der Waals surface area contributed by atoms with Gasteiger partial charge in [-0.05, 0) is 55.7 Å². The maximum atomic E-state index is 12.7. The van der Waals surface area contributed by atoms with Crippen molar-refractivity contribution in [1.82, 2.24) is 9.62 Å². The third kappa shape index (κ3) is 7.14. The second kappa shape index (κ2) is 11.5. The largest absolute Gasteiger partial charge is 0.332 e. The topological polar surface area (TPSA) is 78.5 Å². The first-order valence-electron chi connectivity index (χ1n) is 10.1. The molecule has 0 spiro atoms. The molecule has 28 heavy (non-hydrogen) atoms. The highest BCUT2D eigenvalue weighted by atomic mass is 32.2. The lowest BCUT2D eigenvalue weighted by Crippen LogP contribution is -2.35. The van der Waals surface area contributed by atoms with Gasteiger partial charge in [-0.25, -0.2) is 8.42 Å². The number of benzene rings is 1. The SMILES string of the molecule is CCCCCCCC(=O)NC(=S)Nc1ccc(S(=O)(=O)N2CCCCC2)cc1. The van der Waals surface area contributed by atoms with Crippen molar-refractivity contribution in [3.8, 4) is 0 Å². The summed E-state index contributed by atoms with van der Waals surface area (Å²) < 4.78 is 26.9. The molecular formula is C20H31N3O3S2. The summed E-state index contributed by atoms with van der Waals surface area (Å²) in [5.74, 6) is -0.0988. The summed E-state index contributed by atoms with van der Waals surface area (Å²) in [7, 11) is -3.44. The van der Waals surface area contributed by atoms with E-state index in [1.54, 1.807) is 28.6 Å². The maximum absolute atomic E-state index is 12.7. The van der Waals surface area contributed by atoms with E-state index < -0.39 is 10.0 Å². The molecule has 2 rings (SSSR count). The number of rotatable bonds is 9. The summed E-state index contributed by atoms with van der Waals surface area (Å²) in [5.41, 5.74) is 0.644. The first kappa shape index (κ1) is 22.8. The molecule has 0 atom stereocenters. The Morgan fingerprint density at radius 2 is 1.68 bits per heavy atom. The number of sulfonamides is 1. The van der Waals surface area contributed by atoms with Crippen LogP contribution in [0.2, 0.25) is 0 Å². The van der Waals surface area contributed by atoms with E-state index in [0.717, 1.165) is 38.5 Å². The highest BCUT2D eigenvalue weighted by Gasteiger charge is 2.25. The molecule has 0 aromatic heterocycles. The van der Waals surface area contributed by atoms with E-state index in [9.17, 15) is 13.2 Å². The Labute approximate surface area is 174 Å². The predicted octanol–water partition coefficient (Wildman–Crippen LogP) is 4.03. The fraction of sp³-hybridized carbons (Fsp3) is 0.600. The van der Waals surface area contributed by atoms with E-state index >= 15 is 0 Å². The van der Waals surface area contributed by atoms with Crippen LogP contribution in [0.1, 0.15) is 64.7 Å². The van der Waals surface area contributed by atoms with E-state index in [-0.39, 0.29) is 15.9 Å². The molecule has 1 aromatic carbocycles. The van der Waals surface area contributed by atoms with Crippen molar-refractivity contribution < 1.29 is 13.2 Å². The maximum Gasteiger partial charge on any atom is 0.243 e. The molecule has 0 radical (unpaired) electrons. The Morgan fingerprint density at radius 3 is 2.32 bits per heavy atom. The Balaban J connectivity index is 1.81. The number of unbranched alkanes of at least 4 members (excludes halogenated alkanes) is 4. The van der Waals surface area contributed by atoms with Gasteiger partial charge in [-0.15, -0.1) is 0 Å². The molecule has 1 fully saturated rings. The van der Waals surface area contributed by atoms with Gasteiger partial charge in [-0.3, -0.25) is 4.79 Å². The Kier molecular flexibility index (Phi) is 9.34. The molecule has 1 amide bonds. The summed E-state index contributed by atoms with van der Waals surface area (Å²) in [6.45, 7) is 3.32. The second-order valence-electron chi connectivity index (χ2n) is 7.16. The highest BCUT2D eigenvalue weighted by Crippen LogP contribution is 2.22. The lowest BCUT2D eigenvalue weighted by atomic mass is 10.1. The third-order valence-electron chi connectivity index (χ3n) is 4.83. The van der Waals surface area contributed by atoms with Gasteiger partial charge in [-0.2, -0.15) is 4.31 Å². The van der Waals surface area contributed by atoms with Crippen LogP contribution in [0.5, 0.6) is 0 Å². The molecule has 6 nitrogen and oxygen atoms in total. The number of anilines is 1. The zero-order chi connectivity index (χ0) is 20.4. The predicted molar refractivity (Wildman–Crippen MR) is 117 cm³/mol. The number of nitrogens with one attached hydrogen (secondary N) is 2. The van der Waals surface area contributed by atoms with Crippen LogP contribution in [0.4, 0.5) is 5.69 Å². The van der Waals surface area contributed by atoms with Crippen molar-refractivity contribution >= 4 is 38.9 Å². The monoisotopic (exact) mass is 425 g/mol. The Hall–Kier alpha value is -1.51. The minimum Gasteiger partial charge on any atom is -0.332 e. The van der Waals surface area contributed by atoms with Gasteiger partial charge < -0.3 is 10.6 Å². The number of hydrogen-bond acceptors (Lipinski definition) is 4. The molecule has 156 valence electrons. The van der Waals surface area contributed by atoms with Gasteiger partial charge in [0.05, 0.1) is 4.90 Å². The number of carbonyl (C=O) groups is 1. The van der Waals surface area contributed by atoms with Crippen molar-refractivity contribution in [1.29, 1.82) is 0 Å². The molecule has 1 aromatic rings. The molecular weight excluding hydrogens is 394 g/mol. The first-order chi connectivity index (χ1) is 13.4. The zero-order valence-corrected chi connectivity index (χ0v) is 18.2. The average Bonchev–Trinajstić information content (AvgIpc) is 2.69. The fourth-order valence-corrected chi connectivity index (χ4v) is 4.95. The minimum atomic E-state index is -3.44. The summed E-state index contributed by atoms with van der Waals surface area (Å²) in [4.78, 5) is 12.2. The number of hydrogen-bond donors (Lipinski definition) is 2. The third-order valence-corrected chi connectivity index (χ3v) is 6.94. The van der Waals surface area contributed by atoms with Gasteiger partial charge >= 0.3 is 0 Å². The van der Waals surface area contributed by atoms with Gasteiger partial charge in [0.15, 0.2) is 5.11 Å². The van der Waals surface area contributed by atoms with Crippen LogP contribution in [-0.4, -0.2) is 36.8 Å². The van der Waals surface area contributed by atoms with Crippen LogP contribution in [0.25, 0.3) is 0 Å². The first-order valence-corrected chi connectivity index (χ1v) is 12.0. The summed E-state index contributed by atoms with van der Waals surface area (Å²) in [6, 6.07) is 6.48.